The third-order valence-electron chi connectivity index (χ3n) is 4.53. The van der Waals surface area contributed by atoms with Crippen molar-refractivity contribution in [3.05, 3.63) is 53.6 Å². The maximum atomic E-state index is 12.4. The van der Waals surface area contributed by atoms with Crippen LogP contribution in [0.5, 0.6) is 11.5 Å². The summed E-state index contributed by atoms with van der Waals surface area (Å²) in [5.41, 5.74) is 2.40. The Kier molecular flexibility index (Phi) is 5.95. The monoisotopic (exact) mass is 453 g/mol. The average molecular weight is 454 g/mol. The predicted molar refractivity (Wildman–Crippen MR) is 115 cm³/mol. The van der Waals surface area contributed by atoms with Crippen molar-refractivity contribution in [1.82, 2.24) is 4.41 Å². The first-order valence-electron chi connectivity index (χ1n) is 8.89. The van der Waals surface area contributed by atoms with Gasteiger partial charge in [-0.2, -0.15) is 9.52 Å². The van der Waals surface area contributed by atoms with Crippen LogP contribution in [0.25, 0.3) is 0 Å². The molecular weight excluding hydrogens is 430 g/mol. The van der Waals surface area contributed by atoms with Gasteiger partial charge < -0.3 is 9.47 Å². The van der Waals surface area contributed by atoms with Gasteiger partial charge in [0.1, 0.15) is 0 Å². The average Bonchev–Trinajstić information content (AvgIpc) is 3.12. The van der Waals surface area contributed by atoms with Gasteiger partial charge in [0.15, 0.2) is 11.5 Å². The van der Waals surface area contributed by atoms with Crippen LogP contribution >= 0.6 is 0 Å². The fraction of sp³-hybridized carbons (Fsp3) is 0.316. The number of hydrogen-bond donors (Lipinski definition) is 1. The topological polar surface area (TPSA) is 114 Å². The Hall–Kier alpha value is -2.79. The highest BCUT2D eigenvalue weighted by Crippen LogP contribution is 2.38. The van der Waals surface area contributed by atoms with Crippen LogP contribution in [-0.4, -0.2) is 53.7 Å². The van der Waals surface area contributed by atoms with Crippen molar-refractivity contribution in [2.75, 3.05) is 31.5 Å². The molecular formula is C19H23N3O6S2. The van der Waals surface area contributed by atoms with Crippen LogP contribution < -0.4 is 14.2 Å². The maximum Gasteiger partial charge on any atom is 0.247 e. The fourth-order valence-corrected chi connectivity index (χ4v) is 4.69. The number of methoxy groups -OCH3 is 2. The van der Waals surface area contributed by atoms with Gasteiger partial charge in [0.25, 0.3) is 0 Å². The summed E-state index contributed by atoms with van der Waals surface area (Å²) >= 11 is 0. The maximum absolute atomic E-state index is 12.4. The Bertz CT molecular complexity index is 1180. The quantitative estimate of drug-likeness (QED) is 0.687. The van der Waals surface area contributed by atoms with Gasteiger partial charge in [0.2, 0.25) is 20.0 Å². The Balaban J connectivity index is 1.94. The van der Waals surface area contributed by atoms with E-state index in [1.165, 1.54) is 14.2 Å². The van der Waals surface area contributed by atoms with Crippen molar-refractivity contribution >= 4 is 31.4 Å². The number of hydrazone groups is 1. The molecule has 30 heavy (non-hydrogen) atoms. The number of nitrogens with one attached hydrogen (secondary N) is 1. The summed E-state index contributed by atoms with van der Waals surface area (Å²) in [4.78, 5) is 0. The van der Waals surface area contributed by atoms with E-state index in [0.29, 0.717) is 40.4 Å². The molecule has 1 N–H and O–H groups in total. The van der Waals surface area contributed by atoms with Gasteiger partial charge in [-0.05, 0) is 35.4 Å². The number of rotatable bonds is 7. The van der Waals surface area contributed by atoms with Gasteiger partial charge in [-0.1, -0.05) is 18.2 Å². The van der Waals surface area contributed by atoms with Gasteiger partial charge in [-0.3, -0.25) is 4.72 Å². The molecule has 1 heterocycles. The minimum atomic E-state index is -3.63. The van der Waals surface area contributed by atoms with E-state index in [1.807, 2.05) is 0 Å². The van der Waals surface area contributed by atoms with Crippen molar-refractivity contribution in [2.45, 2.75) is 12.5 Å². The number of hydrogen-bond acceptors (Lipinski definition) is 7. The molecule has 0 bridgehead atoms. The smallest absolute Gasteiger partial charge is 0.247 e. The predicted octanol–water partition coefficient (Wildman–Crippen LogP) is 2.19. The summed E-state index contributed by atoms with van der Waals surface area (Å²) in [5, 5.41) is 4.34. The molecule has 0 aromatic heterocycles. The first kappa shape index (κ1) is 21.9. The van der Waals surface area contributed by atoms with Crippen LogP contribution in [0.3, 0.4) is 0 Å². The third kappa shape index (κ3) is 4.85. The highest BCUT2D eigenvalue weighted by atomic mass is 32.2. The Labute approximate surface area is 176 Å². The van der Waals surface area contributed by atoms with Crippen molar-refractivity contribution < 1.29 is 26.3 Å². The summed E-state index contributed by atoms with van der Waals surface area (Å²) in [6.07, 6.45) is 2.52. The molecule has 2 aromatic carbocycles. The molecule has 0 spiro atoms. The molecule has 0 aliphatic carbocycles. The Morgan fingerprint density at radius 1 is 0.967 bits per heavy atom. The second kappa shape index (κ2) is 8.15. The zero-order valence-corrected chi connectivity index (χ0v) is 18.6. The van der Waals surface area contributed by atoms with Gasteiger partial charge >= 0.3 is 0 Å². The number of benzene rings is 2. The minimum Gasteiger partial charge on any atom is -0.493 e. The Morgan fingerprint density at radius 3 is 2.13 bits per heavy atom. The summed E-state index contributed by atoms with van der Waals surface area (Å²) in [5.74, 6) is 1.04. The molecule has 1 atom stereocenters. The van der Waals surface area contributed by atoms with Gasteiger partial charge in [-0.25, -0.2) is 16.8 Å². The van der Waals surface area contributed by atoms with E-state index in [4.69, 9.17) is 9.47 Å². The lowest BCUT2D eigenvalue weighted by Gasteiger charge is -2.22. The minimum absolute atomic E-state index is 0.349. The zero-order valence-electron chi connectivity index (χ0n) is 17.0. The third-order valence-corrected chi connectivity index (χ3v) is 6.15. The van der Waals surface area contributed by atoms with Crippen molar-refractivity contribution in [1.29, 1.82) is 0 Å². The van der Waals surface area contributed by atoms with E-state index in [1.54, 1.807) is 42.5 Å². The molecule has 9 nitrogen and oxygen atoms in total. The van der Waals surface area contributed by atoms with Crippen LogP contribution in [0.1, 0.15) is 23.6 Å². The summed E-state index contributed by atoms with van der Waals surface area (Å²) in [6.45, 7) is 0. The standard InChI is InChI=1S/C19H23N3O6S2/c1-27-18-10-7-14(11-19(18)28-2)17-12-16(20-22(17)30(4,25)26)13-5-8-15(9-6-13)21-29(3,23)24/h5-11,17,21H,12H2,1-4H3. The summed E-state index contributed by atoms with van der Waals surface area (Å²) in [7, 11) is -3.97. The summed E-state index contributed by atoms with van der Waals surface area (Å²) in [6, 6.07) is 11.3. The first-order valence-corrected chi connectivity index (χ1v) is 12.6. The molecule has 0 fully saturated rings. The molecule has 1 unspecified atom stereocenters. The van der Waals surface area contributed by atoms with Crippen LogP contribution in [0.2, 0.25) is 0 Å². The normalized spacial score (nSPS) is 16.9. The van der Waals surface area contributed by atoms with E-state index >= 15 is 0 Å². The van der Waals surface area contributed by atoms with Crippen molar-refractivity contribution in [3.8, 4) is 11.5 Å². The van der Waals surface area contributed by atoms with Crippen LogP contribution in [0, 0.1) is 0 Å². The molecule has 0 amide bonds. The Morgan fingerprint density at radius 2 is 1.60 bits per heavy atom. The van der Waals surface area contributed by atoms with Crippen LogP contribution in [0.15, 0.2) is 47.6 Å². The SMILES string of the molecule is COc1ccc(C2CC(c3ccc(NS(C)(=O)=O)cc3)=NN2S(C)(=O)=O)cc1OC. The van der Waals surface area contributed by atoms with Crippen LogP contribution in [-0.2, 0) is 20.0 Å². The second-order valence-corrected chi connectivity index (χ2v) is 10.5. The van der Waals surface area contributed by atoms with Gasteiger partial charge in [0.05, 0.1) is 38.5 Å². The molecule has 1 aliphatic rings. The highest BCUT2D eigenvalue weighted by Gasteiger charge is 2.35. The molecule has 0 saturated heterocycles. The van der Waals surface area contributed by atoms with Crippen molar-refractivity contribution in [3.63, 3.8) is 0 Å². The van der Waals surface area contributed by atoms with Gasteiger partial charge in [-0.15, -0.1) is 0 Å². The van der Waals surface area contributed by atoms with E-state index in [-0.39, 0.29) is 0 Å². The molecule has 0 radical (unpaired) electrons. The fourth-order valence-electron chi connectivity index (χ4n) is 3.22. The van der Waals surface area contributed by atoms with E-state index < -0.39 is 26.1 Å². The number of sulfonamides is 2. The number of anilines is 1. The first-order chi connectivity index (χ1) is 14.0. The molecule has 3 rings (SSSR count). The van der Waals surface area contributed by atoms with Crippen LogP contribution in [0.4, 0.5) is 5.69 Å². The van der Waals surface area contributed by atoms with E-state index in [9.17, 15) is 16.8 Å². The molecule has 1 aliphatic heterocycles. The largest absolute Gasteiger partial charge is 0.493 e. The second-order valence-electron chi connectivity index (χ2n) is 6.87. The van der Waals surface area contributed by atoms with Crippen molar-refractivity contribution in [2.24, 2.45) is 5.10 Å². The molecule has 11 heteroatoms. The van der Waals surface area contributed by atoms with E-state index in [0.717, 1.165) is 16.9 Å². The lowest BCUT2D eigenvalue weighted by molar-refractivity contribution is 0.349. The molecule has 162 valence electrons. The lowest BCUT2D eigenvalue weighted by Crippen LogP contribution is -2.25. The summed E-state index contributed by atoms with van der Waals surface area (Å²) < 4.78 is 61.5. The molecule has 2 aromatic rings. The highest BCUT2D eigenvalue weighted by molar-refractivity contribution is 7.92. The number of nitrogens with zero attached hydrogens (tertiary/aromatic N) is 2. The zero-order chi connectivity index (χ0) is 22.1. The number of ether oxygens (including phenoxy) is 2. The molecule has 0 saturated carbocycles. The van der Waals surface area contributed by atoms with Gasteiger partial charge in [0, 0.05) is 12.1 Å². The van der Waals surface area contributed by atoms with E-state index in [2.05, 4.69) is 9.82 Å². The lowest BCUT2D eigenvalue weighted by atomic mass is 9.98.